The van der Waals surface area contributed by atoms with Crippen LogP contribution in [0.1, 0.15) is 44.5 Å². The Labute approximate surface area is 148 Å². The van der Waals surface area contributed by atoms with Crippen molar-refractivity contribution in [3.05, 3.63) is 46.0 Å². The second-order valence-corrected chi connectivity index (χ2v) is 7.45. The van der Waals surface area contributed by atoms with Crippen LogP contribution >= 0.6 is 23.2 Å². The number of halogens is 2. The van der Waals surface area contributed by atoms with E-state index in [-0.39, 0.29) is 6.29 Å². The summed E-state index contributed by atoms with van der Waals surface area (Å²) in [5, 5.41) is 1.10. The van der Waals surface area contributed by atoms with Crippen LogP contribution < -0.4 is 0 Å². The molecule has 0 spiro atoms. The molecule has 0 amide bonds. The van der Waals surface area contributed by atoms with E-state index in [2.05, 4.69) is 19.1 Å². The van der Waals surface area contributed by atoms with Crippen molar-refractivity contribution in [2.75, 3.05) is 13.2 Å². The van der Waals surface area contributed by atoms with Gasteiger partial charge in [-0.2, -0.15) is 0 Å². The minimum absolute atomic E-state index is 0.319. The van der Waals surface area contributed by atoms with E-state index in [1.165, 1.54) is 25.7 Å². The van der Waals surface area contributed by atoms with Gasteiger partial charge in [0.2, 0.25) is 0 Å². The maximum atomic E-state index is 6.07. The number of rotatable bonds is 3. The van der Waals surface area contributed by atoms with Crippen LogP contribution in [0, 0.1) is 17.8 Å². The average Bonchev–Trinajstić information content (AvgIpc) is 2.59. The first-order chi connectivity index (χ1) is 11.2. The smallest absolute Gasteiger partial charge is 0.183 e. The molecule has 1 aromatic carbocycles. The Balaban J connectivity index is 1.51. The molecule has 2 aliphatic rings. The molecule has 23 heavy (non-hydrogen) atoms. The fraction of sp³-hybridized carbons (Fsp3) is 0.579. The van der Waals surface area contributed by atoms with Crippen LogP contribution in [0.4, 0.5) is 0 Å². The Bertz CT molecular complexity index is 542. The minimum atomic E-state index is -0.319. The predicted molar refractivity (Wildman–Crippen MR) is 94.9 cm³/mol. The zero-order valence-electron chi connectivity index (χ0n) is 13.5. The SMILES string of the molecule is CC=CC1CCC(C2COC(c3ccc(Cl)c(Cl)c3)OC2)CC1. The van der Waals surface area contributed by atoms with Crippen molar-refractivity contribution in [2.45, 2.75) is 38.9 Å². The standard InChI is InChI=1S/C19H24Cl2O2/c1-2-3-13-4-6-14(7-5-13)16-11-22-19(23-12-16)15-8-9-17(20)18(21)10-15/h2-3,8-10,13-14,16,19H,4-7,11-12H2,1H3. The van der Waals surface area contributed by atoms with Gasteiger partial charge in [0.05, 0.1) is 23.3 Å². The van der Waals surface area contributed by atoms with Crippen molar-refractivity contribution in [2.24, 2.45) is 17.8 Å². The highest BCUT2D eigenvalue weighted by atomic mass is 35.5. The van der Waals surface area contributed by atoms with E-state index >= 15 is 0 Å². The molecule has 1 aromatic rings. The van der Waals surface area contributed by atoms with Gasteiger partial charge in [-0.3, -0.25) is 0 Å². The van der Waals surface area contributed by atoms with E-state index in [1.54, 1.807) is 6.07 Å². The molecule has 1 saturated heterocycles. The van der Waals surface area contributed by atoms with Crippen LogP contribution in [0.5, 0.6) is 0 Å². The van der Waals surface area contributed by atoms with E-state index in [1.807, 2.05) is 12.1 Å². The maximum Gasteiger partial charge on any atom is 0.183 e. The van der Waals surface area contributed by atoms with Gasteiger partial charge >= 0.3 is 0 Å². The summed E-state index contributed by atoms with van der Waals surface area (Å²) in [7, 11) is 0. The Morgan fingerprint density at radius 3 is 2.26 bits per heavy atom. The number of ether oxygens (including phenoxy) is 2. The molecule has 126 valence electrons. The van der Waals surface area contributed by atoms with Gasteiger partial charge in [0.25, 0.3) is 0 Å². The molecule has 0 radical (unpaired) electrons. The first-order valence-electron chi connectivity index (χ1n) is 8.48. The second kappa shape index (κ2) is 8.02. The largest absolute Gasteiger partial charge is 0.348 e. The van der Waals surface area contributed by atoms with Crippen molar-refractivity contribution < 1.29 is 9.47 Å². The fourth-order valence-corrected chi connectivity index (χ4v) is 4.03. The molecule has 2 fully saturated rings. The van der Waals surface area contributed by atoms with Crippen LogP contribution in [-0.2, 0) is 9.47 Å². The summed E-state index contributed by atoms with van der Waals surface area (Å²) in [6.07, 6.45) is 9.36. The lowest BCUT2D eigenvalue weighted by molar-refractivity contribution is -0.214. The van der Waals surface area contributed by atoms with Crippen LogP contribution in [-0.4, -0.2) is 13.2 Å². The monoisotopic (exact) mass is 354 g/mol. The molecule has 0 unspecified atom stereocenters. The molecule has 1 aliphatic carbocycles. The second-order valence-electron chi connectivity index (χ2n) is 6.63. The van der Waals surface area contributed by atoms with Gasteiger partial charge in [-0.1, -0.05) is 41.4 Å². The maximum absolute atomic E-state index is 6.07. The van der Waals surface area contributed by atoms with Gasteiger partial charge in [-0.25, -0.2) is 0 Å². The van der Waals surface area contributed by atoms with Crippen LogP contribution in [0.25, 0.3) is 0 Å². The van der Waals surface area contributed by atoms with Gasteiger partial charge in [-0.05, 0) is 56.6 Å². The summed E-state index contributed by atoms with van der Waals surface area (Å²) in [6.45, 7) is 3.64. The van der Waals surface area contributed by atoms with Crippen molar-refractivity contribution in [1.29, 1.82) is 0 Å². The Morgan fingerprint density at radius 2 is 1.65 bits per heavy atom. The number of benzene rings is 1. The van der Waals surface area contributed by atoms with E-state index in [9.17, 15) is 0 Å². The number of allylic oxidation sites excluding steroid dienone is 2. The van der Waals surface area contributed by atoms with Crippen LogP contribution in [0.15, 0.2) is 30.4 Å². The minimum Gasteiger partial charge on any atom is -0.348 e. The normalized spacial score (nSPS) is 32.3. The third-order valence-electron chi connectivity index (χ3n) is 5.09. The molecule has 1 aliphatic heterocycles. The number of hydrogen-bond acceptors (Lipinski definition) is 2. The van der Waals surface area contributed by atoms with E-state index < -0.39 is 0 Å². The lowest BCUT2D eigenvalue weighted by Crippen LogP contribution is -2.34. The topological polar surface area (TPSA) is 18.5 Å². The van der Waals surface area contributed by atoms with Crippen molar-refractivity contribution in [3.8, 4) is 0 Å². The van der Waals surface area contributed by atoms with Crippen molar-refractivity contribution in [1.82, 2.24) is 0 Å². The van der Waals surface area contributed by atoms with E-state index in [4.69, 9.17) is 32.7 Å². The summed E-state index contributed by atoms with van der Waals surface area (Å²) in [5.41, 5.74) is 0.939. The third kappa shape index (κ3) is 4.30. The molecule has 0 atom stereocenters. The van der Waals surface area contributed by atoms with Gasteiger partial charge in [0.15, 0.2) is 6.29 Å². The summed E-state index contributed by atoms with van der Waals surface area (Å²) >= 11 is 12.0. The highest BCUT2D eigenvalue weighted by Gasteiger charge is 2.32. The fourth-order valence-electron chi connectivity index (χ4n) is 3.72. The van der Waals surface area contributed by atoms with Gasteiger partial charge in [0, 0.05) is 11.5 Å². The molecular formula is C19H24Cl2O2. The van der Waals surface area contributed by atoms with Gasteiger partial charge in [0.1, 0.15) is 0 Å². The zero-order chi connectivity index (χ0) is 16.2. The lowest BCUT2D eigenvalue weighted by Gasteiger charge is -2.37. The molecule has 2 nitrogen and oxygen atoms in total. The molecule has 4 heteroatoms. The lowest BCUT2D eigenvalue weighted by atomic mass is 9.76. The van der Waals surface area contributed by atoms with Crippen LogP contribution in [0.2, 0.25) is 10.0 Å². The highest BCUT2D eigenvalue weighted by molar-refractivity contribution is 6.42. The Morgan fingerprint density at radius 1 is 0.957 bits per heavy atom. The quantitative estimate of drug-likeness (QED) is 0.616. The first-order valence-corrected chi connectivity index (χ1v) is 9.24. The van der Waals surface area contributed by atoms with E-state index in [0.717, 1.165) is 30.6 Å². The summed E-state index contributed by atoms with van der Waals surface area (Å²) in [6, 6.07) is 5.54. The molecule has 0 N–H and O–H groups in total. The summed E-state index contributed by atoms with van der Waals surface area (Å²) in [4.78, 5) is 0. The van der Waals surface area contributed by atoms with Crippen LogP contribution in [0.3, 0.4) is 0 Å². The molecule has 1 heterocycles. The van der Waals surface area contributed by atoms with Gasteiger partial charge in [-0.15, -0.1) is 0 Å². The average molecular weight is 355 g/mol. The molecule has 0 aromatic heterocycles. The van der Waals surface area contributed by atoms with Crippen molar-refractivity contribution >= 4 is 23.2 Å². The number of hydrogen-bond donors (Lipinski definition) is 0. The first kappa shape index (κ1) is 17.3. The highest BCUT2D eigenvalue weighted by Crippen LogP contribution is 2.38. The molecule has 1 saturated carbocycles. The molecule has 3 rings (SSSR count). The van der Waals surface area contributed by atoms with E-state index in [0.29, 0.717) is 16.0 Å². The zero-order valence-corrected chi connectivity index (χ0v) is 15.0. The molecular weight excluding hydrogens is 331 g/mol. The summed E-state index contributed by atoms with van der Waals surface area (Å²) < 4.78 is 11.9. The Hall–Kier alpha value is -0.540. The third-order valence-corrected chi connectivity index (χ3v) is 5.83. The molecule has 0 bridgehead atoms. The predicted octanol–water partition coefficient (Wildman–Crippen LogP) is 6.04. The van der Waals surface area contributed by atoms with Gasteiger partial charge < -0.3 is 9.47 Å². The summed E-state index contributed by atoms with van der Waals surface area (Å²) in [5.74, 6) is 2.01. The van der Waals surface area contributed by atoms with Crippen molar-refractivity contribution in [3.63, 3.8) is 0 Å². The Kier molecular flexibility index (Phi) is 6.03.